The van der Waals surface area contributed by atoms with Crippen LogP contribution in [0, 0.1) is 6.92 Å². The van der Waals surface area contributed by atoms with Gasteiger partial charge in [0.05, 0.1) is 11.8 Å². The monoisotopic (exact) mass is 424 g/mol. The van der Waals surface area contributed by atoms with Gasteiger partial charge in [-0.05, 0) is 78.4 Å². The number of pyridine rings is 1. The number of aryl methyl sites for hydroxylation is 1. The van der Waals surface area contributed by atoms with Crippen molar-refractivity contribution in [2.75, 3.05) is 0 Å². The summed E-state index contributed by atoms with van der Waals surface area (Å²) in [4.78, 5) is 17.1. The van der Waals surface area contributed by atoms with Gasteiger partial charge < -0.3 is 4.74 Å². The molecule has 0 unspecified atom stereocenters. The van der Waals surface area contributed by atoms with Gasteiger partial charge in [0.2, 0.25) is 0 Å². The van der Waals surface area contributed by atoms with Crippen LogP contribution in [-0.2, 0) is 0 Å². The highest BCUT2D eigenvalue weighted by Gasteiger charge is 2.18. The van der Waals surface area contributed by atoms with Crippen molar-refractivity contribution in [2.45, 2.75) is 38.7 Å². The first-order valence-electron chi connectivity index (χ1n) is 9.25. The van der Waals surface area contributed by atoms with Crippen LogP contribution in [0.2, 0.25) is 0 Å². The Labute approximate surface area is 166 Å². The van der Waals surface area contributed by atoms with Gasteiger partial charge in [-0.3, -0.25) is 9.20 Å². The second-order valence-electron chi connectivity index (χ2n) is 6.90. The van der Waals surface area contributed by atoms with E-state index in [0.717, 1.165) is 29.7 Å². The lowest BCUT2D eigenvalue weighted by atomic mass is 10.1. The van der Waals surface area contributed by atoms with Crippen molar-refractivity contribution in [3.8, 4) is 5.75 Å². The lowest BCUT2D eigenvalue weighted by Crippen LogP contribution is -2.16. The van der Waals surface area contributed by atoms with E-state index in [-0.39, 0.29) is 5.56 Å². The zero-order valence-corrected chi connectivity index (χ0v) is 16.8. The quantitative estimate of drug-likeness (QED) is 0.573. The molecule has 4 rings (SSSR count). The standard InChI is InChI=1S/C22H21BrN2O2/c1-15-7-6-8-16(21(15)27-17-9-2-3-10-17)12-13-18-20(23)22(26)25-14-5-4-11-19(25)24-18/h4-8,11-14,17H,2-3,9-10H2,1H3. The molecule has 27 heavy (non-hydrogen) atoms. The van der Waals surface area contributed by atoms with E-state index in [9.17, 15) is 4.79 Å². The van der Waals surface area contributed by atoms with Crippen LogP contribution < -0.4 is 10.3 Å². The van der Waals surface area contributed by atoms with Crippen molar-refractivity contribution < 1.29 is 4.74 Å². The molecule has 4 nitrogen and oxygen atoms in total. The Kier molecular flexibility index (Phi) is 5.12. The number of benzene rings is 1. The predicted molar refractivity (Wildman–Crippen MR) is 112 cm³/mol. The molecule has 1 aliphatic rings. The van der Waals surface area contributed by atoms with Crippen LogP contribution in [0.15, 0.2) is 51.9 Å². The fourth-order valence-electron chi connectivity index (χ4n) is 3.50. The molecule has 0 bridgehead atoms. The Hall–Kier alpha value is -2.40. The summed E-state index contributed by atoms with van der Waals surface area (Å²) < 4.78 is 8.28. The molecule has 0 aliphatic heterocycles. The van der Waals surface area contributed by atoms with E-state index in [1.165, 1.54) is 17.2 Å². The van der Waals surface area contributed by atoms with Crippen LogP contribution in [0.3, 0.4) is 0 Å². The van der Waals surface area contributed by atoms with Gasteiger partial charge in [0.15, 0.2) is 0 Å². The Morgan fingerprint density at radius 3 is 2.78 bits per heavy atom. The summed E-state index contributed by atoms with van der Waals surface area (Å²) in [5.41, 5.74) is 3.24. The molecule has 2 heterocycles. The Balaban J connectivity index is 1.71. The van der Waals surface area contributed by atoms with E-state index in [4.69, 9.17) is 4.74 Å². The minimum absolute atomic E-state index is 0.119. The topological polar surface area (TPSA) is 43.6 Å². The zero-order chi connectivity index (χ0) is 18.8. The molecule has 0 saturated heterocycles. The van der Waals surface area contributed by atoms with Crippen LogP contribution in [0.4, 0.5) is 0 Å². The van der Waals surface area contributed by atoms with Gasteiger partial charge in [0.1, 0.15) is 15.9 Å². The molecule has 138 valence electrons. The van der Waals surface area contributed by atoms with Gasteiger partial charge in [-0.2, -0.15) is 0 Å². The predicted octanol–water partition coefficient (Wildman–Crippen LogP) is 5.26. The summed E-state index contributed by atoms with van der Waals surface area (Å²) in [5, 5.41) is 0. The van der Waals surface area contributed by atoms with Crippen molar-refractivity contribution in [1.29, 1.82) is 0 Å². The van der Waals surface area contributed by atoms with Gasteiger partial charge >= 0.3 is 0 Å². The first-order valence-corrected chi connectivity index (χ1v) is 10.0. The third kappa shape index (κ3) is 3.69. The Morgan fingerprint density at radius 2 is 1.96 bits per heavy atom. The van der Waals surface area contributed by atoms with Crippen LogP contribution in [0.25, 0.3) is 17.8 Å². The lowest BCUT2D eigenvalue weighted by Gasteiger charge is -2.17. The van der Waals surface area contributed by atoms with Crippen molar-refractivity contribution in [2.24, 2.45) is 0 Å². The summed E-state index contributed by atoms with van der Waals surface area (Å²) in [6, 6.07) is 11.6. The molecule has 0 radical (unpaired) electrons. The fraction of sp³-hybridized carbons (Fsp3) is 0.273. The molecule has 1 fully saturated rings. The fourth-order valence-corrected chi connectivity index (χ4v) is 3.92. The maximum Gasteiger partial charge on any atom is 0.272 e. The number of rotatable bonds is 4. The number of ether oxygens (including phenoxy) is 1. The largest absolute Gasteiger partial charge is 0.490 e. The van der Waals surface area contributed by atoms with Crippen molar-refractivity contribution in [3.05, 3.63) is 74.2 Å². The lowest BCUT2D eigenvalue weighted by molar-refractivity contribution is 0.208. The maximum atomic E-state index is 12.5. The van der Waals surface area contributed by atoms with Gasteiger partial charge in [-0.1, -0.05) is 24.3 Å². The highest BCUT2D eigenvalue weighted by Crippen LogP contribution is 2.31. The summed E-state index contributed by atoms with van der Waals surface area (Å²) in [5.74, 6) is 0.925. The summed E-state index contributed by atoms with van der Waals surface area (Å²) in [6.07, 6.45) is 10.6. The number of para-hydroxylation sites is 1. The zero-order valence-electron chi connectivity index (χ0n) is 15.2. The third-order valence-corrected chi connectivity index (χ3v) is 5.70. The average molecular weight is 425 g/mol. The number of nitrogens with zero attached hydrogens (tertiary/aromatic N) is 2. The molecule has 1 aliphatic carbocycles. The van der Waals surface area contributed by atoms with E-state index in [0.29, 0.717) is 21.9 Å². The number of hydrogen-bond donors (Lipinski definition) is 0. The summed E-state index contributed by atoms with van der Waals surface area (Å²) >= 11 is 3.40. The smallest absolute Gasteiger partial charge is 0.272 e. The van der Waals surface area contributed by atoms with Crippen LogP contribution in [0.1, 0.15) is 42.5 Å². The van der Waals surface area contributed by atoms with Crippen LogP contribution >= 0.6 is 15.9 Å². The van der Waals surface area contributed by atoms with Crippen LogP contribution in [-0.4, -0.2) is 15.5 Å². The van der Waals surface area contributed by atoms with Crippen molar-refractivity contribution in [1.82, 2.24) is 9.38 Å². The SMILES string of the molecule is Cc1cccc(C=Cc2nc3ccccn3c(=O)c2Br)c1OC1CCCC1. The number of aromatic nitrogens is 2. The molecule has 1 aromatic carbocycles. The molecule has 0 amide bonds. The molecule has 0 N–H and O–H groups in total. The normalized spacial score (nSPS) is 15.0. The minimum Gasteiger partial charge on any atom is -0.490 e. The molecule has 1 saturated carbocycles. The molecule has 3 aromatic rings. The molecular formula is C22H21BrN2O2. The molecule has 2 aromatic heterocycles. The second kappa shape index (κ2) is 7.69. The van der Waals surface area contributed by atoms with Gasteiger partial charge in [0, 0.05) is 11.8 Å². The van der Waals surface area contributed by atoms with Crippen molar-refractivity contribution >= 4 is 33.7 Å². The van der Waals surface area contributed by atoms with E-state index in [1.54, 1.807) is 6.20 Å². The van der Waals surface area contributed by atoms with E-state index in [1.807, 2.05) is 42.5 Å². The van der Waals surface area contributed by atoms with Gasteiger partial charge in [0.25, 0.3) is 5.56 Å². The molecule has 5 heteroatoms. The van der Waals surface area contributed by atoms with E-state index in [2.05, 4.69) is 33.9 Å². The Morgan fingerprint density at radius 1 is 1.15 bits per heavy atom. The van der Waals surface area contributed by atoms with Gasteiger partial charge in [-0.25, -0.2) is 4.98 Å². The average Bonchev–Trinajstić information content (AvgIpc) is 3.19. The van der Waals surface area contributed by atoms with Crippen LogP contribution in [0.5, 0.6) is 5.75 Å². The highest BCUT2D eigenvalue weighted by atomic mass is 79.9. The number of hydrogen-bond acceptors (Lipinski definition) is 3. The number of halogens is 1. The van der Waals surface area contributed by atoms with E-state index >= 15 is 0 Å². The molecule has 0 atom stereocenters. The first-order chi connectivity index (χ1) is 13.1. The first kappa shape index (κ1) is 18.0. The van der Waals surface area contributed by atoms with Gasteiger partial charge in [-0.15, -0.1) is 0 Å². The van der Waals surface area contributed by atoms with E-state index < -0.39 is 0 Å². The summed E-state index contributed by atoms with van der Waals surface area (Å²) in [6.45, 7) is 2.07. The van der Waals surface area contributed by atoms with Crippen molar-refractivity contribution in [3.63, 3.8) is 0 Å². The minimum atomic E-state index is -0.119. The third-order valence-electron chi connectivity index (χ3n) is 4.95. The Bertz CT molecular complexity index is 1070. The second-order valence-corrected chi connectivity index (χ2v) is 7.69. The molecular weight excluding hydrogens is 404 g/mol. The highest BCUT2D eigenvalue weighted by molar-refractivity contribution is 9.10. The summed E-state index contributed by atoms with van der Waals surface area (Å²) in [7, 11) is 0. The molecule has 0 spiro atoms. The number of fused-ring (bicyclic) bond motifs is 1. The maximum absolute atomic E-state index is 12.5.